The molecular formula is C15H11BrClFO. The highest BCUT2D eigenvalue weighted by Gasteiger charge is 2.11. The van der Waals surface area contributed by atoms with Gasteiger partial charge in [-0.1, -0.05) is 51.8 Å². The first kappa shape index (κ1) is 14.2. The van der Waals surface area contributed by atoms with E-state index in [1.54, 1.807) is 12.1 Å². The van der Waals surface area contributed by atoms with Crippen LogP contribution in [-0.4, -0.2) is 5.78 Å². The number of carbonyl (C=O) groups is 1. The zero-order valence-electron chi connectivity index (χ0n) is 10.00. The molecule has 98 valence electrons. The lowest BCUT2D eigenvalue weighted by Crippen LogP contribution is -2.07. The number of benzene rings is 2. The van der Waals surface area contributed by atoms with Gasteiger partial charge in [-0.05, 0) is 29.3 Å². The van der Waals surface area contributed by atoms with Crippen LogP contribution in [-0.2, 0) is 17.6 Å². The van der Waals surface area contributed by atoms with Gasteiger partial charge in [-0.3, -0.25) is 4.79 Å². The Balaban J connectivity index is 2.08. The second-order valence-corrected chi connectivity index (χ2v) is 5.53. The Morgan fingerprint density at radius 3 is 2.63 bits per heavy atom. The summed E-state index contributed by atoms with van der Waals surface area (Å²) in [6.45, 7) is 0. The van der Waals surface area contributed by atoms with Gasteiger partial charge in [0.05, 0.1) is 5.02 Å². The molecule has 1 nitrogen and oxygen atoms in total. The molecule has 2 aromatic carbocycles. The monoisotopic (exact) mass is 340 g/mol. The Morgan fingerprint density at radius 1 is 1.16 bits per heavy atom. The SMILES string of the molecule is O=C(Cc1cccc(Br)c1)Cc1cccc(F)c1Cl. The largest absolute Gasteiger partial charge is 0.299 e. The van der Waals surface area contributed by atoms with Gasteiger partial charge < -0.3 is 0 Å². The minimum Gasteiger partial charge on any atom is -0.299 e. The maximum Gasteiger partial charge on any atom is 0.142 e. The maximum atomic E-state index is 13.3. The predicted octanol–water partition coefficient (Wildman–Crippen LogP) is 4.60. The zero-order valence-corrected chi connectivity index (χ0v) is 12.3. The summed E-state index contributed by atoms with van der Waals surface area (Å²) in [7, 11) is 0. The third-order valence-electron chi connectivity index (χ3n) is 2.71. The molecule has 0 aromatic heterocycles. The molecule has 0 N–H and O–H groups in total. The van der Waals surface area contributed by atoms with E-state index in [9.17, 15) is 9.18 Å². The van der Waals surface area contributed by atoms with Crippen molar-refractivity contribution in [1.29, 1.82) is 0 Å². The third-order valence-corrected chi connectivity index (χ3v) is 3.63. The Hall–Kier alpha value is -1.19. The summed E-state index contributed by atoms with van der Waals surface area (Å²) in [5.74, 6) is -0.486. The smallest absolute Gasteiger partial charge is 0.142 e. The fourth-order valence-electron chi connectivity index (χ4n) is 1.83. The first-order valence-electron chi connectivity index (χ1n) is 5.75. The van der Waals surface area contributed by atoms with Gasteiger partial charge in [-0.2, -0.15) is 0 Å². The van der Waals surface area contributed by atoms with Crippen molar-refractivity contribution in [3.8, 4) is 0 Å². The molecule has 0 saturated heterocycles. The summed E-state index contributed by atoms with van der Waals surface area (Å²) in [6, 6.07) is 12.1. The number of hydrogen-bond acceptors (Lipinski definition) is 1. The van der Waals surface area contributed by atoms with Gasteiger partial charge in [0.25, 0.3) is 0 Å². The van der Waals surface area contributed by atoms with Crippen LogP contribution < -0.4 is 0 Å². The molecule has 0 radical (unpaired) electrons. The molecule has 19 heavy (non-hydrogen) atoms. The van der Waals surface area contributed by atoms with Crippen molar-refractivity contribution in [3.63, 3.8) is 0 Å². The fourth-order valence-corrected chi connectivity index (χ4v) is 2.47. The quantitative estimate of drug-likeness (QED) is 0.794. The van der Waals surface area contributed by atoms with E-state index in [1.165, 1.54) is 6.07 Å². The standard InChI is InChI=1S/C15H11BrClFO/c16-12-5-1-3-10(7-12)8-13(19)9-11-4-2-6-14(18)15(11)17/h1-7H,8-9H2. The second kappa shape index (κ2) is 6.31. The molecule has 0 aliphatic carbocycles. The topological polar surface area (TPSA) is 17.1 Å². The van der Waals surface area contributed by atoms with E-state index in [0.717, 1.165) is 10.0 Å². The van der Waals surface area contributed by atoms with Crippen molar-refractivity contribution in [2.45, 2.75) is 12.8 Å². The van der Waals surface area contributed by atoms with Crippen molar-refractivity contribution in [1.82, 2.24) is 0 Å². The van der Waals surface area contributed by atoms with E-state index >= 15 is 0 Å². The molecule has 0 atom stereocenters. The van der Waals surface area contributed by atoms with Crippen LogP contribution in [0.25, 0.3) is 0 Å². The molecule has 0 bridgehead atoms. The first-order chi connectivity index (χ1) is 9.06. The van der Waals surface area contributed by atoms with Crippen LogP contribution in [0.1, 0.15) is 11.1 Å². The van der Waals surface area contributed by atoms with E-state index in [0.29, 0.717) is 12.0 Å². The molecule has 0 amide bonds. The average molecular weight is 342 g/mol. The fraction of sp³-hybridized carbons (Fsp3) is 0.133. The van der Waals surface area contributed by atoms with E-state index in [-0.39, 0.29) is 17.2 Å². The molecule has 0 spiro atoms. The van der Waals surface area contributed by atoms with Crippen LogP contribution in [0.5, 0.6) is 0 Å². The van der Waals surface area contributed by atoms with E-state index in [1.807, 2.05) is 24.3 Å². The van der Waals surface area contributed by atoms with Crippen LogP contribution in [0, 0.1) is 5.82 Å². The molecule has 0 heterocycles. The zero-order chi connectivity index (χ0) is 13.8. The van der Waals surface area contributed by atoms with Gasteiger partial charge in [0.15, 0.2) is 0 Å². The lowest BCUT2D eigenvalue weighted by molar-refractivity contribution is -0.117. The molecule has 0 aliphatic heterocycles. The number of hydrogen-bond donors (Lipinski definition) is 0. The lowest BCUT2D eigenvalue weighted by Gasteiger charge is -2.05. The van der Waals surface area contributed by atoms with Gasteiger partial charge in [-0.25, -0.2) is 4.39 Å². The Labute approximate surface area is 124 Å². The van der Waals surface area contributed by atoms with Crippen molar-refractivity contribution < 1.29 is 9.18 Å². The summed E-state index contributed by atoms with van der Waals surface area (Å²) >= 11 is 9.19. The number of ketones is 1. The molecule has 0 fully saturated rings. The second-order valence-electron chi connectivity index (χ2n) is 4.24. The number of Topliss-reactive ketones (excluding diaryl/α,β-unsaturated/α-hetero) is 1. The molecule has 0 aliphatic rings. The van der Waals surface area contributed by atoms with Crippen LogP contribution in [0.2, 0.25) is 5.02 Å². The van der Waals surface area contributed by atoms with Crippen LogP contribution in [0.3, 0.4) is 0 Å². The summed E-state index contributed by atoms with van der Waals surface area (Å²) in [6.07, 6.45) is 0.454. The van der Waals surface area contributed by atoms with Crippen LogP contribution in [0.15, 0.2) is 46.9 Å². The van der Waals surface area contributed by atoms with E-state index in [4.69, 9.17) is 11.6 Å². The molecule has 0 saturated carbocycles. The summed E-state index contributed by atoms with van der Waals surface area (Å²) in [5, 5.41) is 0.0325. The molecule has 2 rings (SSSR count). The van der Waals surface area contributed by atoms with Crippen molar-refractivity contribution in [3.05, 3.63) is 68.9 Å². The number of halogens is 3. The lowest BCUT2D eigenvalue weighted by atomic mass is 10.0. The first-order valence-corrected chi connectivity index (χ1v) is 6.92. The molecule has 4 heteroatoms. The summed E-state index contributed by atoms with van der Waals surface area (Å²) in [5.41, 5.74) is 1.45. The highest BCUT2D eigenvalue weighted by Crippen LogP contribution is 2.21. The minimum absolute atomic E-state index is 0.00519. The molecular weight excluding hydrogens is 331 g/mol. The predicted molar refractivity (Wildman–Crippen MR) is 78.0 cm³/mol. The maximum absolute atomic E-state index is 13.3. The Kier molecular flexibility index (Phi) is 4.72. The Bertz CT molecular complexity index is 613. The van der Waals surface area contributed by atoms with Crippen LogP contribution in [0.4, 0.5) is 4.39 Å². The van der Waals surface area contributed by atoms with Gasteiger partial charge >= 0.3 is 0 Å². The van der Waals surface area contributed by atoms with Crippen LogP contribution >= 0.6 is 27.5 Å². The van der Waals surface area contributed by atoms with Gasteiger partial charge in [0.2, 0.25) is 0 Å². The van der Waals surface area contributed by atoms with Gasteiger partial charge in [0.1, 0.15) is 11.6 Å². The van der Waals surface area contributed by atoms with Crippen molar-refractivity contribution >= 4 is 33.3 Å². The van der Waals surface area contributed by atoms with E-state index in [2.05, 4.69) is 15.9 Å². The van der Waals surface area contributed by atoms with Gasteiger partial charge in [0, 0.05) is 17.3 Å². The summed E-state index contributed by atoms with van der Waals surface area (Å²) < 4.78 is 14.2. The minimum atomic E-state index is -0.491. The summed E-state index contributed by atoms with van der Waals surface area (Å²) in [4.78, 5) is 12.0. The molecule has 2 aromatic rings. The third kappa shape index (κ3) is 3.88. The highest BCUT2D eigenvalue weighted by molar-refractivity contribution is 9.10. The van der Waals surface area contributed by atoms with Crippen molar-refractivity contribution in [2.24, 2.45) is 0 Å². The average Bonchev–Trinajstić information content (AvgIpc) is 2.35. The molecule has 0 unspecified atom stereocenters. The van der Waals surface area contributed by atoms with Gasteiger partial charge in [-0.15, -0.1) is 0 Å². The highest BCUT2D eigenvalue weighted by atomic mass is 79.9. The van der Waals surface area contributed by atoms with E-state index < -0.39 is 5.82 Å². The van der Waals surface area contributed by atoms with Crippen molar-refractivity contribution in [2.75, 3.05) is 0 Å². The number of carbonyl (C=O) groups excluding carboxylic acids is 1. The number of rotatable bonds is 4. The normalized spacial score (nSPS) is 10.5. The Morgan fingerprint density at radius 2 is 1.89 bits per heavy atom.